The number of hydrogen-bond donors (Lipinski definition) is 1. The zero-order valence-corrected chi connectivity index (χ0v) is 19.7. The van der Waals surface area contributed by atoms with Crippen molar-refractivity contribution in [1.82, 2.24) is 9.55 Å². The lowest BCUT2D eigenvalue weighted by atomic mass is 10.2. The molecule has 0 aliphatic heterocycles. The van der Waals surface area contributed by atoms with E-state index in [1.54, 1.807) is 40.1 Å². The summed E-state index contributed by atoms with van der Waals surface area (Å²) in [6.07, 6.45) is 3.37. The van der Waals surface area contributed by atoms with Crippen LogP contribution in [-0.4, -0.2) is 41.5 Å². The highest BCUT2D eigenvalue weighted by atomic mass is 31.2. The molecule has 168 valence electrons. The van der Waals surface area contributed by atoms with Gasteiger partial charge in [-0.3, -0.25) is 9.13 Å². The minimum Gasteiger partial charge on any atom is -0.332 e. The molecule has 0 spiro atoms. The van der Waals surface area contributed by atoms with Gasteiger partial charge in [0.15, 0.2) is 0 Å². The number of rotatable bonds is 14. The van der Waals surface area contributed by atoms with Gasteiger partial charge in [-0.25, -0.2) is 4.98 Å². The number of nitrogens with zero attached hydrogens (tertiary/aromatic N) is 2. The van der Waals surface area contributed by atoms with E-state index in [4.69, 9.17) is 18.1 Å². The van der Waals surface area contributed by atoms with E-state index < -0.39 is 20.7 Å². The molecule has 30 heavy (non-hydrogen) atoms. The van der Waals surface area contributed by atoms with Gasteiger partial charge in [-0.1, -0.05) is 30.3 Å². The van der Waals surface area contributed by atoms with Gasteiger partial charge in [0.1, 0.15) is 0 Å². The van der Waals surface area contributed by atoms with Crippen molar-refractivity contribution in [1.29, 1.82) is 0 Å². The van der Waals surface area contributed by atoms with E-state index in [2.05, 4.69) is 10.3 Å². The first-order chi connectivity index (χ1) is 14.4. The van der Waals surface area contributed by atoms with Crippen molar-refractivity contribution < 1.29 is 27.2 Å². The van der Waals surface area contributed by atoms with Gasteiger partial charge in [0.25, 0.3) is 0 Å². The van der Waals surface area contributed by atoms with Crippen LogP contribution in [0.2, 0.25) is 0 Å². The molecule has 0 saturated heterocycles. The zero-order chi connectivity index (χ0) is 22.0. The Morgan fingerprint density at radius 2 is 1.40 bits per heavy atom. The first kappa shape index (κ1) is 24.8. The maximum absolute atomic E-state index is 13.6. The van der Waals surface area contributed by atoms with Gasteiger partial charge in [0.2, 0.25) is 11.5 Å². The van der Waals surface area contributed by atoms with Crippen LogP contribution in [0.5, 0.6) is 0 Å². The van der Waals surface area contributed by atoms with Crippen LogP contribution in [0, 0.1) is 0 Å². The summed E-state index contributed by atoms with van der Waals surface area (Å²) in [4.78, 5) is 4.31. The molecule has 1 aromatic heterocycles. The van der Waals surface area contributed by atoms with Crippen molar-refractivity contribution in [3.05, 3.63) is 48.3 Å². The second-order valence-corrected chi connectivity index (χ2v) is 10.8. The molecule has 1 heterocycles. The Hall–Kier alpha value is -1.47. The average molecular weight is 459 g/mol. The van der Waals surface area contributed by atoms with Gasteiger partial charge >= 0.3 is 15.2 Å². The normalized spacial score (nSPS) is 12.4. The van der Waals surface area contributed by atoms with Crippen LogP contribution >= 0.6 is 15.2 Å². The lowest BCUT2D eigenvalue weighted by molar-refractivity contribution is 0.198. The maximum Gasteiger partial charge on any atom is 0.365 e. The van der Waals surface area contributed by atoms with Crippen molar-refractivity contribution in [3.8, 4) is 0 Å². The van der Waals surface area contributed by atoms with Crippen LogP contribution in [0.25, 0.3) is 0 Å². The summed E-state index contributed by atoms with van der Waals surface area (Å²) >= 11 is 0. The third kappa shape index (κ3) is 6.27. The predicted octanol–water partition coefficient (Wildman–Crippen LogP) is 5.16. The van der Waals surface area contributed by atoms with Crippen LogP contribution in [0.1, 0.15) is 33.3 Å². The Morgan fingerprint density at radius 3 is 1.87 bits per heavy atom. The number of anilines is 1. The highest BCUT2D eigenvalue weighted by molar-refractivity contribution is 7.72. The number of aromatic nitrogens is 2. The standard InChI is InChI=1S/C19H31N3O6P2/c1-5-25-29(23,26-6-2)19(30(24,27-7-3)28-8-4)21-18-20-14-15-22(18)16-17-12-10-9-11-13-17/h9-15,19H,5-8,16H2,1-4H3,(H,20,21). The number of nitrogens with one attached hydrogen (secondary N) is 1. The minimum atomic E-state index is -3.93. The van der Waals surface area contributed by atoms with Gasteiger partial charge in [0.05, 0.1) is 33.0 Å². The Bertz CT molecular complexity index is 811. The fraction of sp³-hybridized carbons (Fsp3) is 0.526. The monoisotopic (exact) mass is 459 g/mol. The quantitative estimate of drug-likeness (QED) is 0.387. The molecule has 0 fully saturated rings. The summed E-state index contributed by atoms with van der Waals surface area (Å²) in [6, 6.07) is 9.79. The first-order valence-electron chi connectivity index (χ1n) is 10.0. The molecule has 11 heteroatoms. The van der Waals surface area contributed by atoms with Gasteiger partial charge in [-0.05, 0) is 33.3 Å². The third-order valence-corrected chi connectivity index (χ3v) is 9.63. The van der Waals surface area contributed by atoms with Crippen LogP contribution < -0.4 is 5.32 Å². The van der Waals surface area contributed by atoms with Crippen LogP contribution in [-0.2, 0) is 33.8 Å². The zero-order valence-electron chi connectivity index (χ0n) is 17.9. The van der Waals surface area contributed by atoms with E-state index in [-0.39, 0.29) is 26.4 Å². The van der Waals surface area contributed by atoms with E-state index in [1.807, 2.05) is 34.9 Å². The molecule has 2 rings (SSSR count). The van der Waals surface area contributed by atoms with Crippen molar-refractivity contribution in [2.75, 3.05) is 31.7 Å². The topological polar surface area (TPSA) is 101 Å². The first-order valence-corrected chi connectivity index (χ1v) is 13.2. The largest absolute Gasteiger partial charge is 0.365 e. The Labute approximate surface area is 178 Å². The molecule has 0 atom stereocenters. The van der Waals surface area contributed by atoms with Gasteiger partial charge in [-0.15, -0.1) is 0 Å². The average Bonchev–Trinajstić information content (AvgIpc) is 3.14. The molecule has 0 aliphatic rings. The van der Waals surface area contributed by atoms with Crippen LogP contribution in [0.3, 0.4) is 0 Å². The fourth-order valence-electron chi connectivity index (χ4n) is 2.88. The van der Waals surface area contributed by atoms with Gasteiger partial charge < -0.3 is 28.0 Å². The SMILES string of the molecule is CCOP(=O)(OCC)C(Nc1nccn1Cc1ccccc1)P(=O)(OCC)OCC. The molecule has 0 saturated carbocycles. The molecule has 9 nitrogen and oxygen atoms in total. The van der Waals surface area contributed by atoms with Crippen molar-refractivity contribution in [2.45, 2.75) is 39.8 Å². The van der Waals surface area contributed by atoms with Gasteiger partial charge in [0, 0.05) is 12.4 Å². The Morgan fingerprint density at radius 1 is 0.900 bits per heavy atom. The molecular formula is C19H31N3O6P2. The van der Waals surface area contributed by atoms with E-state index in [1.165, 1.54) is 0 Å². The van der Waals surface area contributed by atoms with Crippen LogP contribution in [0.15, 0.2) is 42.7 Å². The number of benzene rings is 1. The second-order valence-electron chi connectivity index (χ2n) is 6.13. The predicted molar refractivity (Wildman–Crippen MR) is 117 cm³/mol. The molecule has 0 unspecified atom stereocenters. The summed E-state index contributed by atoms with van der Waals surface area (Å²) in [7, 11) is -7.86. The van der Waals surface area contributed by atoms with Gasteiger partial charge in [-0.2, -0.15) is 0 Å². The van der Waals surface area contributed by atoms with Crippen molar-refractivity contribution >= 4 is 21.1 Å². The Balaban J connectivity index is 2.44. The van der Waals surface area contributed by atoms with Crippen molar-refractivity contribution in [2.24, 2.45) is 0 Å². The molecule has 1 aromatic carbocycles. The summed E-state index contributed by atoms with van der Waals surface area (Å²) < 4.78 is 51.0. The number of imidazole rings is 1. The fourth-order valence-corrected chi connectivity index (χ4v) is 7.77. The summed E-state index contributed by atoms with van der Waals surface area (Å²) in [5.41, 5.74) is -0.326. The minimum absolute atomic E-state index is 0.103. The molecule has 2 aromatic rings. The summed E-state index contributed by atoms with van der Waals surface area (Å²) in [6.45, 7) is 7.67. The van der Waals surface area contributed by atoms with E-state index in [9.17, 15) is 9.13 Å². The molecule has 0 bridgehead atoms. The lowest BCUT2D eigenvalue weighted by Crippen LogP contribution is -2.27. The Kier molecular flexibility index (Phi) is 9.75. The van der Waals surface area contributed by atoms with Crippen LogP contribution in [0.4, 0.5) is 5.95 Å². The summed E-state index contributed by atoms with van der Waals surface area (Å²) in [5, 5.41) is 2.99. The molecule has 0 amide bonds. The van der Waals surface area contributed by atoms with E-state index in [0.29, 0.717) is 12.5 Å². The molecule has 0 radical (unpaired) electrons. The summed E-state index contributed by atoms with van der Waals surface area (Å²) in [5.74, 6) is 0.350. The van der Waals surface area contributed by atoms with E-state index in [0.717, 1.165) is 5.56 Å². The molecular weight excluding hydrogens is 428 g/mol. The second kappa shape index (κ2) is 11.8. The number of hydrogen-bond acceptors (Lipinski definition) is 8. The molecule has 1 N–H and O–H groups in total. The highest BCUT2D eigenvalue weighted by Crippen LogP contribution is 2.70. The van der Waals surface area contributed by atoms with E-state index >= 15 is 0 Å². The third-order valence-electron chi connectivity index (χ3n) is 4.00. The smallest absolute Gasteiger partial charge is 0.332 e. The molecule has 0 aliphatic carbocycles. The lowest BCUT2D eigenvalue weighted by Gasteiger charge is -2.32. The van der Waals surface area contributed by atoms with Crippen molar-refractivity contribution in [3.63, 3.8) is 0 Å². The highest BCUT2D eigenvalue weighted by Gasteiger charge is 2.51. The maximum atomic E-state index is 13.6.